The summed E-state index contributed by atoms with van der Waals surface area (Å²) in [7, 11) is -3.32. The summed E-state index contributed by atoms with van der Waals surface area (Å²) in [5.41, 5.74) is 0.662. The normalized spacial score (nSPS) is 29.0. The summed E-state index contributed by atoms with van der Waals surface area (Å²) in [5.74, 6) is 1.21. The molecule has 1 N–H and O–H groups in total. The van der Waals surface area contributed by atoms with Gasteiger partial charge in [-0.05, 0) is 48.8 Å². The molecule has 110 valence electrons. The van der Waals surface area contributed by atoms with Gasteiger partial charge in [0.25, 0.3) is 0 Å². The summed E-state index contributed by atoms with van der Waals surface area (Å²) in [6, 6.07) is 5.08. The van der Waals surface area contributed by atoms with Gasteiger partial charge in [-0.2, -0.15) is 0 Å². The quantitative estimate of drug-likeness (QED) is 0.914. The highest BCUT2D eigenvalue weighted by atomic mass is 35.5. The second-order valence-corrected chi connectivity index (χ2v) is 8.48. The Morgan fingerprint density at radius 1 is 1.15 bits per heavy atom. The zero-order valence-electron chi connectivity index (χ0n) is 11.0. The third-order valence-electron chi connectivity index (χ3n) is 4.41. The molecule has 1 aromatic carbocycles. The van der Waals surface area contributed by atoms with E-state index in [2.05, 4.69) is 4.72 Å². The number of sulfonamides is 1. The van der Waals surface area contributed by atoms with Crippen LogP contribution in [-0.2, 0) is 15.8 Å². The van der Waals surface area contributed by atoms with E-state index in [9.17, 15) is 8.42 Å². The molecule has 20 heavy (non-hydrogen) atoms. The molecule has 2 saturated carbocycles. The van der Waals surface area contributed by atoms with Gasteiger partial charge in [-0.25, -0.2) is 13.1 Å². The van der Waals surface area contributed by atoms with Crippen molar-refractivity contribution in [1.82, 2.24) is 4.72 Å². The Bertz CT molecular complexity index is 618. The molecule has 0 saturated heterocycles. The number of hydrogen-bond acceptors (Lipinski definition) is 2. The van der Waals surface area contributed by atoms with Gasteiger partial charge in [-0.3, -0.25) is 0 Å². The summed E-state index contributed by atoms with van der Waals surface area (Å²) in [6.07, 6.45) is 4.59. The van der Waals surface area contributed by atoms with Crippen molar-refractivity contribution < 1.29 is 8.42 Å². The van der Waals surface area contributed by atoms with E-state index in [4.69, 9.17) is 23.2 Å². The average molecular weight is 334 g/mol. The summed E-state index contributed by atoms with van der Waals surface area (Å²) in [6.45, 7) is 0. The fourth-order valence-corrected chi connectivity index (χ4v) is 5.28. The van der Waals surface area contributed by atoms with Gasteiger partial charge in [0.15, 0.2) is 0 Å². The van der Waals surface area contributed by atoms with Crippen molar-refractivity contribution in [3.63, 3.8) is 0 Å². The number of benzene rings is 1. The molecule has 0 unspecified atom stereocenters. The van der Waals surface area contributed by atoms with Crippen LogP contribution in [0.4, 0.5) is 0 Å². The van der Waals surface area contributed by atoms with Crippen molar-refractivity contribution in [2.45, 2.75) is 37.5 Å². The maximum absolute atomic E-state index is 12.2. The Morgan fingerprint density at radius 3 is 2.55 bits per heavy atom. The summed E-state index contributed by atoms with van der Waals surface area (Å²) >= 11 is 11.8. The van der Waals surface area contributed by atoms with Crippen LogP contribution in [0.1, 0.15) is 31.2 Å². The molecular formula is C14H17Cl2NO2S. The van der Waals surface area contributed by atoms with E-state index in [1.165, 1.54) is 12.8 Å². The van der Waals surface area contributed by atoms with Crippen LogP contribution in [0.2, 0.25) is 10.0 Å². The first-order valence-corrected chi connectivity index (χ1v) is 9.28. The lowest BCUT2D eigenvalue weighted by atomic mass is 9.96. The van der Waals surface area contributed by atoms with Crippen LogP contribution < -0.4 is 4.72 Å². The zero-order chi connectivity index (χ0) is 14.3. The van der Waals surface area contributed by atoms with Gasteiger partial charge in [-0.1, -0.05) is 35.7 Å². The highest BCUT2D eigenvalue weighted by Crippen LogP contribution is 2.44. The van der Waals surface area contributed by atoms with E-state index in [-0.39, 0.29) is 11.8 Å². The largest absolute Gasteiger partial charge is 0.216 e. The Kier molecular flexibility index (Phi) is 4.01. The van der Waals surface area contributed by atoms with Crippen LogP contribution in [0.25, 0.3) is 0 Å². The van der Waals surface area contributed by atoms with Crippen LogP contribution >= 0.6 is 23.2 Å². The molecule has 2 aliphatic carbocycles. The van der Waals surface area contributed by atoms with Crippen LogP contribution in [0.15, 0.2) is 18.2 Å². The summed E-state index contributed by atoms with van der Waals surface area (Å²) < 4.78 is 27.3. The number of nitrogens with one attached hydrogen (secondary N) is 1. The predicted octanol–water partition coefficient (Wildman–Crippen LogP) is 3.60. The van der Waals surface area contributed by atoms with Crippen LogP contribution in [-0.4, -0.2) is 14.5 Å². The Balaban J connectivity index is 1.67. The minimum absolute atomic E-state index is 0.0439. The fourth-order valence-electron chi connectivity index (χ4n) is 3.51. The molecule has 3 nitrogen and oxygen atoms in total. The Morgan fingerprint density at radius 2 is 1.95 bits per heavy atom. The molecule has 2 aliphatic rings. The van der Waals surface area contributed by atoms with Gasteiger partial charge in [0.1, 0.15) is 0 Å². The van der Waals surface area contributed by atoms with Gasteiger partial charge >= 0.3 is 0 Å². The highest BCUT2D eigenvalue weighted by molar-refractivity contribution is 7.88. The highest BCUT2D eigenvalue weighted by Gasteiger charge is 2.41. The maximum Gasteiger partial charge on any atom is 0.216 e. The molecule has 3 atom stereocenters. The molecule has 0 amide bonds. The monoisotopic (exact) mass is 333 g/mol. The summed E-state index contributed by atoms with van der Waals surface area (Å²) in [4.78, 5) is 0. The lowest BCUT2D eigenvalue weighted by molar-refractivity contribution is 0.390. The van der Waals surface area contributed by atoms with E-state index in [1.54, 1.807) is 18.2 Å². The third kappa shape index (κ3) is 3.14. The fraction of sp³-hybridized carbons (Fsp3) is 0.571. The SMILES string of the molecule is O=S(=O)(Cc1ccc(Cl)c(Cl)c1)N[C@@H]1C[C@H]2CC[C@H]1C2. The molecule has 0 aliphatic heterocycles. The molecule has 0 heterocycles. The predicted molar refractivity (Wildman–Crippen MR) is 81.5 cm³/mol. The molecule has 3 rings (SSSR count). The first-order valence-electron chi connectivity index (χ1n) is 6.87. The van der Waals surface area contributed by atoms with Crippen LogP contribution in [0.3, 0.4) is 0 Å². The molecule has 0 radical (unpaired) electrons. The number of hydrogen-bond donors (Lipinski definition) is 1. The zero-order valence-corrected chi connectivity index (χ0v) is 13.3. The second-order valence-electron chi connectivity index (χ2n) is 5.91. The van der Waals surface area contributed by atoms with Crippen LogP contribution in [0, 0.1) is 11.8 Å². The van der Waals surface area contributed by atoms with Gasteiger partial charge in [0, 0.05) is 6.04 Å². The van der Waals surface area contributed by atoms with E-state index in [1.807, 2.05) is 0 Å². The molecule has 0 spiro atoms. The van der Waals surface area contributed by atoms with E-state index in [0.29, 0.717) is 21.5 Å². The van der Waals surface area contributed by atoms with Crippen LogP contribution in [0.5, 0.6) is 0 Å². The lowest BCUT2D eigenvalue weighted by Gasteiger charge is -2.22. The number of rotatable bonds is 4. The van der Waals surface area contributed by atoms with E-state index >= 15 is 0 Å². The standard InChI is InChI=1S/C14H17Cl2NO2S/c15-12-4-2-10(6-13(12)16)8-20(18,19)17-14-7-9-1-3-11(14)5-9/h2,4,6,9,11,14,17H,1,3,5,7-8H2/t9-,11-,14+/m0/s1. The molecule has 1 aromatic rings. The van der Waals surface area contributed by atoms with Crippen molar-refractivity contribution in [1.29, 1.82) is 0 Å². The minimum Gasteiger partial charge on any atom is -0.212 e. The lowest BCUT2D eigenvalue weighted by Crippen LogP contribution is -2.39. The van der Waals surface area contributed by atoms with Crippen molar-refractivity contribution in [3.05, 3.63) is 33.8 Å². The first kappa shape index (κ1) is 14.6. The van der Waals surface area contributed by atoms with Gasteiger partial charge in [0.05, 0.1) is 15.8 Å². The maximum atomic E-state index is 12.2. The second kappa shape index (κ2) is 5.48. The number of fused-ring (bicyclic) bond motifs is 2. The van der Waals surface area contributed by atoms with Crippen molar-refractivity contribution in [2.75, 3.05) is 0 Å². The topological polar surface area (TPSA) is 46.2 Å². The van der Waals surface area contributed by atoms with Crippen molar-refractivity contribution >= 4 is 33.2 Å². The van der Waals surface area contributed by atoms with Gasteiger partial charge in [-0.15, -0.1) is 0 Å². The molecule has 0 aromatic heterocycles. The van der Waals surface area contributed by atoms with Crippen molar-refractivity contribution in [3.8, 4) is 0 Å². The first-order chi connectivity index (χ1) is 9.43. The summed E-state index contributed by atoms with van der Waals surface area (Å²) in [5, 5.41) is 0.827. The molecular weight excluding hydrogens is 317 g/mol. The van der Waals surface area contributed by atoms with E-state index < -0.39 is 10.0 Å². The third-order valence-corrected chi connectivity index (χ3v) is 6.52. The molecule has 2 fully saturated rings. The Hall–Kier alpha value is -0.290. The van der Waals surface area contributed by atoms with E-state index in [0.717, 1.165) is 18.8 Å². The van der Waals surface area contributed by atoms with Gasteiger partial charge in [0.2, 0.25) is 10.0 Å². The van der Waals surface area contributed by atoms with Crippen molar-refractivity contribution in [2.24, 2.45) is 11.8 Å². The average Bonchev–Trinajstić information content (AvgIpc) is 2.95. The minimum atomic E-state index is -3.32. The molecule has 2 bridgehead atoms. The smallest absolute Gasteiger partial charge is 0.212 e. The Labute approximate surface area is 129 Å². The van der Waals surface area contributed by atoms with Gasteiger partial charge < -0.3 is 0 Å². The molecule has 6 heteroatoms. The number of halogens is 2.